The maximum atomic E-state index is 12.7. The smallest absolute Gasteiger partial charge is 0.379 e. The van der Waals surface area contributed by atoms with Gasteiger partial charge in [-0.1, -0.05) is 41.2 Å². The number of morpholine rings is 1. The van der Waals surface area contributed by atoms with Gasteiger partial charge >= 0.3 is 6.18 Å². The highest BCUT2D eigenvalue weighted by molar-refractivity contribution is 7.15. The summed E-state index contributed by atoms with van der Waals surface area (Å²) in [6, 6.07) is 8.26. The molecule has 1 atom stereocenters. The number of hydrogen-bond acceptors (Lipinski definition) is 5. The van der Waals surface area contributed by atoms with Gasteiger partial charge in [-0.25, -0.2) is 4.98 Å². The maximum absolute atomic E-state index is 12.7. The monoisotopic (exact) mass is 371 g/mol. The first-order valence-electron chi connectivity index (χ1n) is 8.09. The van der Waals surface area contributed by atoms with Crippen LogP contribution in [0.3, 0.4) is 0 Å². The van der Waals surface area contributed by atoms with Gasteiger partial charge in [0.25, 0.3) is 0 Å². The molecular formula is C17H20F3N3OS. The summed E-state index contributed by atoms with van der Waals surface area (Å²) in [6.45, 7) is 5.45. The third kappa shape index (κ3) is 4.71. The predicted octanol–water partition coefficient (Wildman–Crippen LogP) is 3.96. The predicted molar refractivity (Wildman–Crippen MR) is 91.9 cm³/mol. The number of thiazole rings is 1. The first kappa shape index (κ1) is 18.2. The first-order valence-corrected chi connectivity index (χ1v) is 8.90. The summed E-state index contributed by atoms with van der Waals surface area (Å²) in [4.78, 5) is 5.46. The molecule has 4 nitrogen and oxygen atoms in total. The van der Waals surface area contributed by atoms with Crippen LogP contribution in [-0.2, 0) is 10.9 Å². The van der Waals surface area contributed by atoms with Gasteiger partial charge in [0.15, 0.2) is 5.13 Å². The molecular weight excluding hydrogens is 351 g/mol. The number of aromatic nitrogens is 1. The van der Waals surface area contributed by atoms with Crippen LogP contribution in [0, 0.1) is 6.92 Å². The molecule has 1 aliphatic rings. The minimum Gasteiger partial charge on any atom is -0.379 e. The third-order valence-electron chi connectivity index (χ3n) is 4.15. The largest absolute Gasteiger partial charge is 0.427 e. The van der Waals surface area contributed by atoms with Crippen molar-refractivity contribution < 1.29 is 17.9 Å². The van der Waals surface area contributed by atoms with Gasteiger partial charge in [0.05, 0.1) is 25.5 Å². The molecule has 0 amide bonds. The molecule has 0 saturated carbocycles. The molecule has 8 heteroatoms. The number of benzene rings is 1. The van der Waals surface area contributed by atoms with E-state index < -0.39 is 11.1 Å². The van der Waals surface area contributed by atoms with Gasteiger partial charge in [0.1, 0.15) is 4.88 Å². The molecule has 0 bridgehead atoms. The molecule has 1 N–H and O–H groups in total. The second-order valence-electron chi connectivity index (χ2n) is 5.99. The summed E-state index contributed by atoms with van der Waals surface area (Å²) in [5.74, 6) is 0. The fraction of sp³-hybridized carbons (Fsp3) is 0.471. The van der Waals surface area contributed by atoms with Crippen molar-refractivity contribution >= 4 is 16.5 Å². The highest BCUT2D eigenvalue weighted by atomic mass is 32.1. The Hall–Kier alpha value is -1.64. The van der Waals surface area contributed by atoms with Crippen LogP contribution < -0.4 is 5.32 Å². The lowest BCUT2D eigenvalue weighted by Gasteiger charge is -2.35. The van der Waals surface area contributed by atoms with Crippen LogP contribution in [0.25, 0.3) is 0 Å². The van der Waals surface area contributed by atoms with Crippen molar-refractivity contribution in [2.24, 2.45) is 0 Å². The van der Waals surface area contributed by atoms with Gasteiger partial charge in [-0.05, 0) is 12.5 Å². The molecule has 25 heavy (non-hydrogen) atoms. The fourth-order valence-electron chi connectivity index (χ4n) is 2.90. The fourth-order valence-corrected chi connectivity index (χ4v) is 3.59. The number of halogens is 3. The standard InChI is InChI=1S/C17H20F3N3OS/c1-12-3-2-4-13(9-12)14(23-5-7-24-8-6-23)10-21-16-22-11-15(25-16)17(18,19)20/h2-4,9,11,14H,5-8,10H2,1H3,(H,21,22). The number of nitrogens with zero attached hydrogens (tertiary/aromatic N) is 2. The van der Waals surface area contributed by atoms with E-state index in [2.05, 4.69) is 27.3 Å². The number of aryl methyl sites for hydroxylation is 1. The molecule has 1 saturated heterocycles. The molecule has 136 valence electrons. The molecule has 0 radical (unpaired) electrons. The molecule has 0 spiro atoms. The lowest BCUT2D eigenvalue weighted by Crippen LogP contribution is -2.41. The number of nitrogens with one attached hydrogen (secondary N) is 1. The van der Waals surface area contributed by atoms with E-state index in [4.69, 9.17) is 4.74 Å². The average molecular weight is 371 g/mol. The molecule has 1 aromatic heterocycles. The molecule has 2 heterocycles. The highest BCUT2D eigenvalue weighted by Crippen LogP contribution is 2.35. The lowest BCUT2D eigenvalue weighted by atomic mass is 10.0. The van der Waals surface area contributed by atoms with E-state index in [1.807, 2.05) is 19.1 Å². The number of alkyl halides is 3. The van der Waals surface area contributed by atoms with Crippen molar-refractivity contribution in [2.75, 3.05) is 38.2 Å². The molecule has 0 aliphatic carbocycles. The summed E-state index contributed by atoms with van der Waals surface area (Å²) in [5, 5.41) is 3.37. The summed E-state index contributed by atoms with van der Waals surface area (Å²) < 4.78 is 43.6. The van der Waals surface area contributed by atoms with E-state index in [9.17, 15) is 13.2 Å². The SMILES string of the molecule is Cc1cccc(C(CNc2ncc(C(F)(F)F)s2)N2CCOCC2)c1. The third-order valence-corrected chi connectivity index (χ3v) is 5.14. The average Bonchev–Trinajstić information content (AvgIpc) is 3.05. The van der Waals surface area contributed by atoms with Crippen molar-refractivity contribution in [3.63, 3.8) is 0 Å². The molecule has 1 aromatic carbocycles. The van der Waals surface area contributed by atoms with Crippen LogP contribution in [0.4, 0.5) is 18.3 Å². The van der Waals surface area contributed by atoms with Crippen molar-refractivity contribution in [1.82, 2.24) is 9.88 Å². The number of hydrogen-bond donors (Lipinski definition) is 1. The van der Waals surface area contributed by atoms with Gasteiger partial charge in [-0.3, -0.25) is 4.90 Å². The first-order chi connectivity index (χ1) is 11.9. The van der Waals surface area contributed by atoms with Gasteiger partial charge < -0.3 is 10.1 Å². The van der Waals surface area contributed by atoms with E-state index in [1.165, 1.54) is 0 Å². The highest BCUT2D eigenvalue weighted by Gasteiger charge is 2.33. The molecule has 2 aromatic rings. The second kappa shape index (κ2) is 7.72. The van der Waals surface area contributed by atoms with E-state index in [1.54, 1.807) is 0 Å². The zero-order valence-electron chi connectivity index (χ0n) is 13.8. The summed E-state index contributed by atoms with van der Waals surface area (Å²) >= 11 is 0.636. The Kier molecular flexibility index (Phi) is 5.61. The van der Waals surface area contributed by atoms with Crippen LogP contribution in [0.15, 0.2) is 30.5 Å². The normalized spacial score (nSPS) is 17.4. The molecule has 1 aliphatic heterocycles. The van der Waals surface area contributed by atoms with Crippen molar-refractivity contribution in [3.8, 4) is 0 Å². The Bertz CT molecular complexity index is 698. The summed E-state index contributed by atoms with van der Waals surface area (Å²) in [6.07, 6.45) is -3.47. The van der Waals surface area contributed by atoms with Gasteiger partial charge in [0, 0.05) is 19.6 Å². The zero-order chi connectivity index (χ0) is 17.9. The number of anilines is 1. The van der Waals surface area contributed by atoms with Crippen LogP contribution in [0.2, 0.25) is 0 Å². The Labute approximate surface area is 148 Å². The van der Waals surface area contributed by atoms with E-state index in [-0.39, 0.29) is 6.04 Å². The minimum absolute atomic E-state index is 0.0574. The number of rotatable bonds is 5. The maximum Gasteiger partial charge on any atom is 0.427 e. The summed E-state index contributed by atoms with van der Waals surface area (Å²) in [5.41, 5.74) is 2.30. The van der Waals surface area contributed by atoms with E-state index >= 15 is 0 Å². The molecule has 1 fully saturated rings. The zero-order valence-corrected chi connectivity index (χ0v) is 14.7. The van der Waals surface area contributed by atoms with Crippen LogP contribution in [0.1, 0.15) is 22.0 Å². The Morgan fingerprint density at radius 2 is 2.08 bits per heavy atom. The van der Waals surface area contributed by atoms with Crippen molar-refractivity contribution in [2.45, 2.75) is 19.1 Å². The van der Waals surface area contributed by atoms with Gasteiger partial charge in [0.2, 0.25) is 0 Å². The minimum atomic E-state index is -4.35. The quantitative estimate of drug-likeness (QED) is 0.863. The van der Waals surface area contributed by atoms with Crippen LogP contribution in [0.5, 0.6) is 0 Å². The van der Waals surface area contributed by atoms with E-state index in [0.29, 0.717) is 36.2 Å². The second-order valence-corrected chi connectivity index (χ2v) is 7.02. The van der Waals surface area contributed by atoms with E-state index in [0.717, 1.165) is 30.4 Å². The molecule has 1 unspecified atom stereocenters. The van der Waals surface area contributed by atoms with Crippen LogP contribution >= 0.6 is 11.3 Å². The van der Waals surface area contributed by atoms with Gasteiger partial charge in [-0.15, -0.1) is 0 Å². The summed E-state index contributed by atoms with van der Waals surface area (Å²) in [7, 11) is 0. The number of ether oxygens (including phenoxy) is 1. The van der Waals surface area contributed by atoms with Gasteiger partial charge in [-0.2, -0.15) is 13.2 Å². The molecule has 3 rings (SSSR count). The topological polar surface area (TPSA) is 37.4 Å². The van der Waals surface area contributed by atoms with Crippen LogP contribution in [-0.4, -0.2) is 42.7 Å². The Balaban J connectivity index is 1.74. The van der Waals surface area contributed by atoms with Crippen molar-refractivity contribution in [1.29, 1.82) is 0 Å². The van der Waals surface area contributed by atoms with Crippen molar-refractivity contribution in [3.05, 3.63) is 46.5 Å². The Morgan fingerprint density at radius 3 is 2.72 bits per heavy atom. The Morgan fingerprint density at radius 1 is 1.32 bits per heavy atom. The lowest BCUT2D eigenvalue weighted by molar-refractivity contribution is -0.134.